The lowest BCUT2D eigenvalue weighted by Gasteiger charge is -2.34. The number of aromatic nitrogens is 2. The summed E-state index contributed by atoms with van der Waals surface area (Å²) in [7, 11) is 1.89. The highest BCUT2D eigenvalue weighted by Gasteiger charge is 2.32. The molecule has 0 aliphatic carbocycles. The van der Waals surface area contributed by atoms with Crippen molar-refractivity contribution in [3.8, 4) is 5.75 Å². The molecule has 0 saturated heterocycles. The smallest absolute Gasteiger partial charge is 0.322 e. The lowest BCUT2D eigenvalue weighted by Crippen LogP contribution is -2.42. The number of likely N-dealkylation sites (N-methyl/N-ethyl adjacent to an activating group) is 1. The summed E-state index contributed by atoms with van der Waals surface area (Å²) in [6, 6.07) is 4.80. The molecule has 1 unspecified atom stereocenters. The summed E-state index contributed by atoms with van der Waals surface area (Å²) >= 11 is 1.39. The van der Waals surface area contributed by atoms with E-state index in [0.717, 1.165) is 10.6 Å². The van der Waals surface area contributed by atoms with Gasteiger partial charge in [0.15, 0.2) is 0 Å². The molecular formula is C18H16N4O5S. The molecule has 1 atom stereocenters. The number of para-hydroxylation sites is 1. The van der Waals surface area contributed by atoms with Crippen LogP contribution in [0.25, 0.3) is 10.9 Å². The van der Waals surface area contributed by atoms with Gasteiger partial charge in [-0.25, -0.2) is 0 Å². The molecule has 2 aromatic heterocycles. The van der Waals surface area contributed by atoms with Gasteiger partial charge in [0.25, 0.3) is 11.5 Å². The van der Waals surface area contributed by atoms with Crippen molar-refractivity contribution in [2.24, 2.45) is 0 Å². The highest BCUT2D eigenvalue weighted by atomic mass is 32.1. The van der Waals surface area contributed by atoms with Gasteiger partial charge in [0, 0.05) is 30.1 Å². The molecule has 0 fully saturated rings. The minimum atomic E-state index is -1.25. The van der Waals surface area contributed by atoms with Crippen LogP contribution in [0.3, 0.4) is 0 Å². The number of hydrogen-bond acceptors (Lipinski definition) is 7. The maximum Gasteiger partial charge on any atom is 0.322 e. The van der Waals surface area contributed by atoms with Gasteiger partial charge >= 0.3 is 5.97 Å². The van der Waals surface area contributed by atoms with Crippen molar-refractivity contribution in [1.82, 2.24) is 14.9 Å². The van der Waals surface area contributed by atoms with E-state index >= 15 is 0 Å². The van der Waals surface area contributed by atoms with E-state index in [2.05, 4.69) is 10.3 Å². The molecule has 0 saturated carbocycles. The molecule has 0 spiro atoms. The fraction of sp³-hybridized carbons (Fsp3) is 0.222. The topological polar surface area (TPSA) is 125 Å². The van der Waals surface area contributed by atoms with Crippen molar-refractivity contribution < 1.29 is 19.8 Å². The Morgan fingerprint density at radius 2 is 2.18 bits per heavy atom. The average Bonchev–Trinajstić information content (AvgIpc) is 3.19. The van der Waals surface area contributed by atoms with Crippen LogP contribution >= 0.6 is 11.3 Å². The molecule has 144 valence electrons. The predicted molar refractivity (Wildman–Crippen MR) is 103 cm³/mol. The van der Waals surface area contributed by atoms with Crippen LogP contribution in [0, 0.1) is 0 Å². The molecule has 0 radical (unpaired) electrons. The van der Waals surface area contributed by atoms with Crippen molar-refractivity contribution in [2.75, 3.05) is 25.0 Å². The first-order valence-electron chi connectivity index (χ1n) is 8.39. The van der Waals surface area contributed by atoms with E-state index in [9.17, 15) is 19.5 Å². The third kappa shape index (κ3) is 2.69. The minimum Gasteiger partial charge on any atom is -0.506 e. The predicted octanol–water partition coefficient (Wildman–Crippen LogP) is 1.02. The lowest BCUT2D eigenvalue weighted by atomic mass is 10.0. The zero-order valence-corrected chi connectivity index (χ0v) is 15.6. The number of aromatic hydroxyl groups is 1. The lowest BCUT2D eigenvalue weighted by molar-refractivity contribution is -0.135. The van der Waals surface area contributed by atoms with Crippen molar-refractivity contribution >= 4 is 39.8 Å². The molecule has 28 heavy (non-hydrogen) atoms. The maximum absolute atomic E-state index is 13.3. The standard InChI is InChI=1S/C18H16N4O5S/c1-21-7-11(12-5-19-8-28-12)22-15-9(3-2-4-10(15)21)16(25)14(18(22)27)17(26)20-6-13(23)24/h2-5,8,11,25H,6-7H2,1H3,(H,20,26)(H,23,24). The highest BCUT2D eigenvalue weighted by molar-refractivity contribution is 7.09. The summed E-state index contributed by atoms with van der Waals surface area (Å²) in [5.41, 5.74) is 1.80. The third-order valence-corrected chi connectivity index (χ3v) is 5.63. The number of pyridine rings is 1. The zero-order valence-electron chi connectivity index (χ0n) is 14.7. The van der Waals surface area contributed by atoms with E-state index in [-0.39, 0.29) is 0 Å². The summed E-state index contributed by atoms with van der Waals surface area (Å²) in [6.45, 7) is -0.175. The van der Waals surface area contributed by atoms with Crippen LogP contribution in [0.5, 0.6) is 5.75 Å². The van der Waals surface area contributed by atoms with Gasteiger partial charge in [-0.1, -0.05) is 6.07 Å². The fourth-order valence-electron chi connectivity index (χ4n) is 3.53. The first kappa shape index (κ1) is 18.0. The van der Waals surface area contributed by atoms with Gasteiger partial charge in [0.2, 0.25) is 0 Å². The molecule has 1 aliphatic rings. The van der Waals surface area contributed by atoms with Gasteiger partial charge in [-0.15, -0.1) is 11.3 Å². The zero-order chi connectivity index (χ0) is 20.0. The van der Waals surface area contributed by atoms with Crippen molar-refractivity contribution in [3.05, 3.63) is 50.7 Å². The Hall–Kier alpha value is -3.40. The number of thiazole rings is 1. The van der Waals surface area contributed by atoms with Crippen molar-refractivity contribution in [2.45, 2.75) is 6.04 Å². The molecule has 1 aliphatic heterocycles. The summed E-state index contributed by atoms with van der Waals surface area (Å²) in [5.74, 6) is -2.64. The molecule has 4 rings (SSSR count). The average molecular weight is 400 g/mol. The number of rotatable bonds is 4. The van der Waals surface area contributed by atoms with Gasteiger partial charge in [-0.3, -0.25) is 23.9 Å². The van der Waals surface area contributed by atoms with Crippen LogP contribution < -0.4 is 15.8 Å². The number of carboxylic acid groups (broad SMARTS) is 1. The Bertz CT molecular complexity index is 1150. The van der Waals surface area contributed by atoms with E-state index < -0.39 is 41.3 Å². The summed E-state index contributed by atoms with van der Waals surface area (Å²) in [5, 5.41) is 22.0. The van der Waals surface area contributed by atoms with Crippen LogP contribution in [0.15, 0.2) is 34.7 Å². The molecule has 1 amide bonds. The number of amides is 1. The number of aliphatic carboxylic acids is 1. The van der Waals surface area contributed by atoms with Crippen molar-refractivity contribution in [3.63, 3.8) is 0 Å². The SMILES string of the molecule is CN1CC(c2cncs2)n2c(=O)c(C(=O)NCC(=O)O)c(O)c3cccc1c32. The number of carbonyl (C=O) groups is 2. The number of benzene rings is 1. The van der Waals surface area contributed by atoms with Gasteiger partial charge in [0.1, 0.15) is 17.9 Å². The third-order valence-electron chi connectivity index (χ3n) is 4.76. The van der Waals surface area contributed by atoms with Gasteiger partial charge in [-0.05, 0) is 12.1 Å². The van der Waals surface area contributed by atoms with Crippen LogP contribution in [0.2, 0.25) is 0 Å². The number of carbonyl (C=O) groups excluding carboxylic acids is 1. The number of carboxylic acids is 1. The van der Waals surface area contributed by atoms with Crippen molar-refractivity contribution in [1.29, 1.82) is 0 Å². The molecule has 1 aromatic carbocycles. The van der Waals surface area contributed by atoms with Gasteiger partial charge in [-0.2, -0.15) is 0 Å². The first-order valence-corrected chi connectivity index (χ1v) is 9.27. The largest absolute Gasteiger partial charge is 0.506 e. The summed E-state index contributed by atoms with van der Waals surface area (Å²) in [4.78, 5) is 43.4. The van der Waals surface area contributed by atoms with Crippen LogP contribution in [-0.2, 0) is 4.79 Å². The molecule has 3 heterocycles. The second-order valence-electron chi connectivity index (χ2n) is 6.45. The number of nitrogens with one attached hydrogen (secondary N) is 1. The minimum absolute atomic E-state index is 0.346. The Kier molecular flexibility index (Phi) is 4.27. The maximum atomic E-state index is 13.3. The first-order chi connectivity index (χ1) is 13.4. The number of anilines is 1. The summed E-state index contributed by atoms with van der Waals surface area (Å²) < 4.78 is 1.49. The fourth-order valence-corrected chi connectivity index (χ4v) is 4.24. The Balaban J connectivity index is 2.02. The molecule has 3 aromatic rings. The van der Waals surface area contributed by atoms with Crippen LogP contribution in [-0.4, -0.2) is 51.8 Å². The normalized spacial score (nSPS) is 15.6. The van der Waals surface area contributed by atoms with Crippen LogP contribution in [0.4, 0.5) is 5.69 Å². The van der Waals surface area contributed by atoms with Crippen LogP contribution in [0.1, 0.15) is 21.3 Å². The van der Waals surface area contributed by atoms with Gasteiger partial charge < -0.3 is 20.4 Å². The molecular weight excluding hydrogens is 384 g/mol. The second-order valence-corrected chi connectivity index (χ2v) is 7.37. The van der Waals surface area contributed by atoms with E-state index in [1.54, 1.807) is 23.8 Å². The Morgan fingerprint density at radius 3 is 2.86 bits per heavy atom. The molecule has 3 N–H and O–H groups in total. The van der Waals surface area contributed by atoms with E-state index in [1.807, 2.05) is 18.0 Å². The molecule has 9 nitrogen and oxygen atoms in total. The second kappa shape index (κ2) is 6.64. The molecule has 0 bridgehead atoms. The monoisotopic (exact) mass is 400 g/mol. The summed E-state index contributed by atoms with van der Waals surface area (Å²) in [6.07, 6.45) is 1.67. The number of nitrogens with zero attached hydrogens (tertiary/aromatic N) is 3. The number of hydrogen-bond donors (Lipinski definition) is 3. The van der Waals surface area contributed by atoms with E-state index in [4.69, 9.17) is 5.11 Å². The Morgan fingerprint density at radius 1 is 1.39 bits per heavy atom. The van der Waals surface area contributed by atoms with E-state index in [0.29, 0.717) is 17.4 Å². The van der Waals surface area contributed by atoms with E-state index in [1.165, 1.54) is 15.9 Å². The quantitative estimate of drug-likeness (QED) is 0.597. The van der Waals surface area contributed by atoms with Gasteiger partial charge in [0.05, 0.1) is 22.8 Å². The Labute approximate surface area is 162 Å². The highest BCUT2D eigenvalue weighted by Crippen LogP contribution is 2.39. The molecule has 10 heteroatoms.